The third-order valence-corrected chi connectivity index (χ3v) is 6.65. The van der Waals surface area contributed by atoms with Gasteiger partial charge in [-0.1, -0.05) is 12.2 Å². The number of hydrazone groups is 1. The molecule has 1 aliphatic heterocycles. The highest BCUT2D eigenvalue weighted by molar-refractivity contribution is 9.10. The lowest BCUT2D eigenvalue weighted by Crippen LogP contribution is -2.28. The molecule has 8 nitrogen and oxygen atoms in total. The van der Waals surface area contributed by atoms with Crippen LogP contribution in [-0.2, 0) is 19.1 Å². The molecule has 1 aromatic carbocycles. The zero-order valence-corrected chi connectivity index (χ0v) is 19.0. The Hall–Kier alpha value is -2.68. The standard InChI is InChI=1S/C22H23BrN2O6/c1-4-30-22(28)11(2)31-17-9-15(23)14(8-16(17)29-3)10-24-25-20(26)18-12-5-6-13(7-12)19(18)21(25)27/h5-6,8-13,18-19H,4,7H2,1-3H3/t11-,12-,13-,18-,19+/m0/s1. The van der Waals surface area contributed by atoms with Crippen LogP contribution in [0.5, 0.6) is 11.5 Å². The minimum absolute atomic E-state index is 0.135. The number of amides is 2. The van der Waals surface area contributed by atoms with Crippen LogP contribution in [0.15, 0.2) is 33.9 Å². The minimum Gasteiger partial charge on any atom is -0.493 e. The lowest BCUT2D eigenvalue weighted by molar-refractivity contribution is -0.150. The molecule has 2 fully saturated rings. The quantitative estimate of drug-likeness (QED) is 0.252. The molecular formula is C22H23BrN2O6. The van der Waals surface area contributed by atoms with Gasteiger partial charge in [0.05, 0.1) is 31.8 Å². The molecule has 1 saturated carbocycles. The van der Waals surface area contributed by atoms with E-state index in [4.69, 9.17) is 14.2 Å². The molecule has 5 atom stereocenters. The third kappa shape index (κ3) is 3.75. The molecule has 2 bridgehead atoms. The molecule has 1 saturated heterocycles. The van der Waals surface area contributed by atoms with Gasteiger partial charge in [0.15, 0.2) is 17.6 Å². The molecule has 9 heteroatoms. The Morgan fingerprint density at radius 2 is 1.87 bits per heavy atom. The van der Waals surface area contributed by atoms with Gasteiger partial charge in [-0.3, -0.25) is 9.59 Å². The number of carbonyl (C=O) groups is 3. The maximum atomic E-state index is 12.8. The van der Waals surface area contributed by atoms with E-state index in [9.17, 15) is 14.4 Å². The molecule has 1 heterocycles. The number of methoxy groups -OCH3 is 1. The van der Waals surface area contributed by atoms with Crippen molar-refractivity contribution in [2.75, 3.05) is 13.7 Å². The molecule has 0 spiro atoms. The van der Waals surface area contributed by atoms with Crippen molar-refractivity contribution in [1.29, 1.82) is 0 Å². The second-order valence-corrected chi connectivity index (χ2v) is 8.62. The Morgan fingerprint density at radius 1 is 1.23 bits per heavy atom. The van der Waals surface area contributed by atoms with Gasteiger partial charge in [0, 0.05) is 10.0 Å². The number of hydrogen-bond donors (Lipinski definition) is 0. The third-order valence-electron chi connectivity index (χ3n) is 5.96. The van der Waals surface area contributed by atoms with Gasteiger partial charge in [-0.2, -0.15) is 10.1 Å². The van der Waals surface area contributed by atoms with Gasteiger partial charge in [-0.25, -0.2) is 4.79 Å². The Kier molecular flexibility index (Phi) is 5.88. The summed E-state index contributed by atoms with van der Waals surface area (Å²) in [5.41, 5.74) is 0.590. The highest BCUT2D eigenvalue weighted by Gasteiger charge is 2.59. The average Bonchev–Trinajstić information content (AvgIpc) is 3.42. The smallest absolute Gasteiger partial charge is 0.347 e. The molecule has 4 rings (SSSR count). The summed E-state index contributed by atoms with van der Waals surface area (Å²) in [5, 5.41) is 5.19. The monoisotopic (exact) mass is 490 g/mol. The van der Waals surface area contributed by atoms with Gasteiger partial charge < -0.3 is 14.2 Å². The van der Waals surface area contributed by atoms with Crippen LogP contribution in [0, 0.1) is 23.7 Å². The van der Waals surface area contributed by atoms with E-state index in [1.807, 2.05) is 12.2 Å². The number of ether oxygens (including phenoxy) is 3. The van der Waals surface area contributed by atoms with Crippen LogP contribution < -0.4 is 9.47 Å². The minimum atomic E-state index is -0.816. The summed E-state index contributed by atoms with van der Waals surface area (Å²) in [6, 6.07) is 3.29. The van der Waals surface area contributed by atoms with E-state index >= 15 is 0 Å². The van der Waals surface area contributed by atoms with Gasteiger partial charge in [-0.05, 0) is 60.2 Å². The molecule has 0 N–H and O–H groups in total. The molecule has 31 heavy (non-hydrogen) atoms. The highest BCUT2D eigenvalue weighted by Crippen LogP contribution is 2.52. The van der Waals surface area contributed by atoms with E-state index < -0.39 is 12.1 Å². The number of imide groups is 1. The van der Waals surface area contributed by atoms with E-state index in [0.717, 1.165) is 11.4 Å². The van der Waals surface area contributed by atoms with Crippen LogP contribution in [-0.4, -0.2) is 48.8 Å². The van der Waals surface area contributed by atoms with Crippen LogP contribution in [0.1, 0.15) is 25.8 Å². The lowest BCUT2D eigenvalue weighted by atomic mass is 9.85. The number of hydrogen-bond acceptors (Lipinski definition) is 7. The van der Waals surface area contributed by atoms with Crippen molar-refractivity contribution in [3.63, 3.8) is 0 Å². The lowest BCUT2D eigenvalue weighted by Gasteiger charge is -2.17. The summed E-state index contributed by atoms with van der Waals surface area (Å²) in [4.78, 5) is 37.4. The Balaban J connectivity index is 1.53. The van der Waals surface area contributed by atoms with E-state index in [2.05, 4.69) is 21.0 Å². The SMILES string of the molecule is CCOC(=O)[C@H](C)Oc1cc(Br)c(C=NN2C(=O)[C@@H]3[C@H](C2=O)[C@H]2C=C[C@H]3C2)cc1OC. The van der Waals surface area contributed by atoms with Crippen molar-refractivity contribution in [3.05, 3.63) is 34.3 Å². The molecule has 1 aromatic rings. The molecule has 2 amide bonds. The number of fused-ring (bicyclic) bond motifs is 5. The van der Waals surface area contributed by atoms with Crippen molar-refractivity contribution in [2.24, 2.45) is 28.8 Å². The van der Waals surface area contributed by atoms with Crippen LogP contribution >= 0.6 is 15.9 Å². The number of benzene rings is 1. The fourth-order valence-corrected chi connectivity index (χ4v) is 4.94. The molecule has 0 radical (unpaired) electrons. The van der Waals surface area contributed by atoms with Crippen molar-refractivity contribution >= 4 is 39.9 Å². The van der Waals surface area contributed by atoms with E-state index in [0.29, 0.717) is 21.5 Å². The summed E-state index contributed by atoms with van der Waals surface area (Å²) in [6.07, 6.45) is 5.59. The van der Waals surface area contributed by atoms with Crippen LogP contribution in [0.25, 0.3) is 0 Å². The highest BCUT2D eigenvalue weighted by atomic mass is 79.9. The summed E-state index contributed by atoms with van der Waals surface area (Å²) >= 11 is 3.44. The van der Waals surface area contributed by atoms with Gasteiger partial charge in [0.1, 0.15) is 0 Å². The number of esters is 1. The number of allylic oxidation sites excluding steroid dienone is 2. The Bertz CT molecular complexity index is 960. The molecule has 164 valence electrons. The zero-order valence-electron chi connectivity index (χ0n) is 17.4. The maximum Gasteiger partial charge on any atom is 0.347 e. The van der Waals surface area contributed by atoms with E-state index in [1.54, 1.807) is 26.0 Å². The largest absolute Gasteiger partial charge is 0.493 e. The van der Waals surface area contributed by atoms with Gasteiger partial charge >= 0.3 is 5.97 Å². The number of halogens is 1. The summed E-state index contributed by atoms with van der Waals surface area (Å²) in [7, 11) is 1.48. The van der Waals surface area contributed by atoms with Crippen LogP contribution in [0.4, 0.5) is 0 Å². The molecule has 0 aromatic heterocycles. The molecule has 0 unspecified atom stereocenters. The topological polar surface area (TPSA) is 94.5 Å². The van der Waals surface area contributed by atoms with E-state index in [1.165, 1.54) is 13.3 Å². The summed E-state index contributed by atoms with van der Waals surface area (Å²) in [5.74, 6) is -0.560. The second-order valence-electron chi connectivity index (χ2n) is 7.77. The average molecular weight is 491 g/mol. The predicted octanol–water partition coefficient (Wildman–Crippen LogP) is 2.93. The zero-order chi connectivity index (χ0) is 22.3. The number of nitrogens with zero attached hydrogens (tertiary/aromatic N) is 2. The van der Waals surface area contributed by atoms with Crippen molar-refractivity contribution < 1.29 is 28.6 Å². The van der Waals surface area contributed by atoms with Crippen molar-refractivity contribution in [1.82, 2.24) is 5.01 Å². The first kappa shape index (κ1) is 21.5. The first-order valence-corrected chi connectivity index (χ1v) is 11.0. The Labute approximate surface area is 188 Å². The first-order valence-electron chi connectivity index (χ1n) is 10.2. The first-order chi connectivity index (χ1) is 14.8. The molecule has 3 aliphatic rings. The summed E-state index contributed by atoms with van der Waals surface area (Å²) < 4.78 is 16.6. The van der Waals surface area contributed by atoms with Gasteiger partial charge in [0.2, 0.25) is 0 Å². The van der Waals surface area contributed by atoms with Crippen LogP contribution in [0.2, 0.25) is 0 Å². The second kappa shape index (κ2) is 8.45. The number of rotatable bonds is 7. The van der Waals surface area contributed by atoms with Gasteiger partial charge in [-0.15, -0.1) is 0 Å². The number of carbonyl (C=O) groups excluding carboxylic acids is 3. The van der Waals surface area contributed by atoms with Gasteiger partial charge in [0.25, 0.3) is 11.8 Å². The van der Waals surface area contributed by atoms with Crippen molar-refractivity contribution in [3.8, 4) is 11.5 Å². The maximum absolute atomic E-state index is 12.8. The van der Waals surface area contributed by atoms with E-state index in [-0.39, 0.29) is 42.1 Å². The fourth-order valence-electron chi connectivity index (χ4n) is 4.52. The van der Waals surface area contributed by atoms with Crippen molar-refractivity contribution in [2.45, 2.75) is 26.4 Å². The normalized spacial score (nSPS) is 27.2. The summed E-state index contributed by atoms with van der Waals surface area (Å²) in [6.45, 7) is 3.57. The predicted molar refractivity (Wildman–Crippen MR) is 115 cm³/mol. The van der Waals surface area contributed by atoms with Crippen LogP contribution in [0.3, 0.4) is 0 Å². The Morgan fingerprint density at radius 3 is 2.45 bits per heavy atom. The molecular weight excluding hydrogens is 468 g/mol. The fraction of sp³-hybridized carbons (Fsp3) is 0.455. The molecule has 2 aliphatic carbocycles.